The Hall–Kier alpha value is -3.47. The lowest BCUT2D eigenvalue weighted by molar-refractivity contribution is -0.0256. The van der Waals surface area contributed by atoms with Gasteiger partial charge in [0.05, 0.1) is 24.1 Å². The molecule has 0 saturated carbocycles. The highest BCUT2D eigenvalue weighted by Crippen LogP contribution is 2.44. The molecule has 1 atom stereocenters. The monoisotopic (exact) mass is 561 g/mol. The molecular formula is C22H20F5N5O5S. The number of benzene rings is 1. The van der Waals surface area contributed by atoms with Crippen LogP contribution in [0.3, 0.4) is 0 Å². The fourth-order valence-electron chi connectivity index (χ4n) is 4.27. The van der Waals surface area contributed by atoms with Crippen molar-refractivity contribution in [3.8, 4) is 22.8 Å². The molecule has 0 amide bonds. The molecule has 4 heterocycles. The number of imidazole rings is 1. The number of rotatable bonds is 7. The quantitative estimate of drug-likeness (QED) is 0.283. The predicted octanol–water partition coefficient (Wildman–Crippen LogP) is 4.41. The van der Waals surface area contributed by atoms with Gasteiger partial charge in [-0.15, -0.1) is 10.8 Å². The highest BCUT2D eigenvalue weighted by atomic mass is 32.3. The molecule has 0 fully saturated rings. The SMILES string of the molecule is CCOc1cc(-c2c(F)cc(F)cc2F)c2c(-n3cc4n(c3=O)C[C@@H](NS(O)(O)CC)C4(F)F)noc2n1. The van der Waals surface area contributed by atoms with Crippen LogP contribution in [0.15, 0.2) is 33.7 Å². The summed E-state index contributed by atoms with van der Waals surface area (Å²) in [5.41, 5.74) is -3.07. The summed E-state index contributed by atoms with van der Waals surface area (Å²) in [4.78, 5) is 17.2. The average molecular weight is 561 g/mol. The van der Waals surface area contributed by atoms with Crippen LogP contribution in [0.5, 0.6) is 5.88 Å². The number of hydrogen-bond donors (Lipinski definition) is 3. The van der Waals surface area contributed by atoms with Gasteiger partial charge in [-0.3, -0.25) is 13.7 Å². The van der Waals surface area contributed by atoms with Crippen molar-refractivity contribution in [1.29, 1.82) is 0 Å². The summed E-state index contributed by atoms with van der Waals surface area (Å²) in [6.45, 7) is 2.53. The third-order valence-electron chi connectivity index (χ3n) is 6.06. The van der Waals surface area contributed by atoms with E-state index in [-0.39, 0.29) is 34.9 Å². The molecule has 16 heteroatoms. The van der Waals surface area contributed by atoms with Crippen molar-refractivity contribution in [1.82, 2.24) is 24.0 Å². The molecule has 0 spiro atoms. The molecule has 3 N–H and O–H groups in total. The fourth-order valence-corrected chi connectivity index (χ4v) is 5.11. The van der Waals surface area contributed by atoms with E-state index in [0.717, 1.165) is 12.3 Å². The second-order valence-electron chi connectivity index (χ2n) is 8.40. The second-order valence-corrected chi connectivity index (χ2v) is 10.5. The number of ether oxygens (including phenoxy) is 1. The Morgan fingerprint density at radius 2 is 1.89 bits per heavy atom. The third kappa shape index (κ3) is 4.13. The van der Waals surface area contributed by atoms with Crippen molar-refractivity contribution in [2.45, 2.75) is 32.4 Å². The molecule has 1 aliphatic rings. The fraction of sp³-hybridized carbons (Fsp3) is 0.318. The lowest BCUT2D eigenvalue weighted by Crippen LogP contribution is -2.43. The van der Waals surface area contributed by atoms with Crippen LogP contribution >= 0.6 is 10.8 Å². The summed E-state index contributed by atoms with van der Waals surface area (Å²) in [7, 11) is -3.52. The summed E-state index contributed by atoms with van der Waals surface area (Å²) >= 11 is 0. The Kier molecular flexibility index (Phi) is 6.24. The molecule has 1 aliphatic heterocycles. The molecule has 38 heavy (non-hydrogen) atoms. The maximum Gasteiger partial charge on any atom is 0.334 e. The van der Waals surface area contributed by atoms with Crippen LogP contribution in [0, 0.1) is 17.5 Å². The van der Waals surface area contributed by atoms with Gasteiger partial charge in [-0.05, 0) is 13.8 Å². The molecule has 0 bridgehead atoms. The van der Waals surface area contributed by atoms with Crippen LogP contribution in [-0.2, 0) is 12.5 Å². The molecular weight excluding hydrogens is 541 g/mol. The Labute approximate surface area is 212 Å². The van der Waals surface area contributed by atoms with E-state index >= 15 is 8.78 Å². The molecule has 0 radical (unpaired) electrons. The summed E-state index contributed by atoms with van der Waals surface area (Å²) in [5, 5.41) is 3.52. The zero-order chi connectivity index (χ0) is 27.6. The lowest BCUT2D eigenvalue weighted by atomic mass is 10.0. The van der Waals surface area contributed by atoms with E-state index < -0.39 is 69.5 Å². The molecule has 4 aromatic rings. The van der Waals surface area contributed by atoms with Gasteiger partial charge in [0.1, 0.15) is 29.2 Å². The Balaban J connectivity index is 1.70. The number of halogens is 5. The van der Waals surface area contributed by atoms with Crippen LogP contribution < -0.4 is 15.1 Å². The van der Waals surface area contributed by atoms with E-state index in [1.165, 1.54) is 6.92 Å². The summed E-state index contributed by atoms with van der Waals surface area (Å²) in [6.07, 6.45) is 0.774. The largest absolute Gasteiger partial charge is 0.478 e. The highest BCUT2D eigenvalue weighted by molar-refractivity contribution is 8.22. The van der Waals surface area contributed by atoms with E-state index in [9.17, 15) is 27.1 Å². The highest BCUT2D eigenvalue weighted by Gasteiger charge is 2.52. The first-order chi connectivity index (χ1) is 17.9. The van der Waals surface area contributed by atoms with Gasteiger partial charge in [-0.1, -0.05) is 5.16 Å². The maximum atomic E-state index is 15.2. The van der Waals surface area contributed by atoms with E-state index in [2.05, 4.69) is 14.9 Å². The van der Waals surface area contributed by atoms with Gasteiger partial charge >= 0.3 is 11.6 Å². The molecule has 10 nitrogen and oxygen atoms in total. The van der Waals surface area contributed by atoms with Crippen LogP contribution in [0.2, 0.25) is 0 Å². The molecule has 0 saturated heterocycles. The first kappa shape index (κ1) is 26.1. The van der Waals surface area contributed by atoms with Crippen molar-refractivity contribution in [3.05, 3.63) is 58.0 Å². The van der Waals surface area contributed by atoms with E-state index in [1.54, 1.807) is 6.92 Å². The van der Waals surface area contributed by atoms with Crippen LogP contribution in [0.1, 0.15) is 19.5 Å². The van der Waals surface area contributed by atoms with Crippen molar-refractivity contribution in [3.63, 3.8) is 0 Å². The number of pyridine rings is 1. The van der Waals surface area contributed by atoms with Crippen molar-refractivity contribution in [2.75, 3.05) is 12.4 Å². The summed E-state index contributed by atoms with van der Waals surface area (Å²) in [6, 6.07) is 0.245. The van der Waals surface area contributed by atoms with Crippen LogP contribution in [-0.4, -0.2) is 46.8 Å². The van der Waals surface area contributed by atoms with E-state index in [4.69, 9.17) is 9.26 Å². The number of hydrogen-bond acceptors (Lipinski definition) is 8. The average Bonchev–Trinajstić information content (AvgIpc) is 3.46. The van der Waals surface area contributed by atoms with Gasteiger partial charge in [0.2, 0.25) is 5.88 Å². The first-order valence-corrected chi connectivity index (χ1v) is 12.9. The predicted molar refractivity (Wildman–Crippen MR) is 126 cm³/mol. The van der Waals surface area contributed by atoms with Crippen LogP contribution in [0.25, 0.3) is 28.0 Å². The molecule has 204 valence electrons. The number of aromatic nitrogens is 4. The number of nitrogens with zero attached hydrogens (tertiary/aromatic N) is 4. The molecule has 3 aromatic heterocycles. The van der Waals surface area contributed by atoms with Crippen molar-refractivity contribution >= 4 is 21.9 Å². The third-order valence-corrected chi connectivity index (χ3v) is 7.53. The molecule has 1 aromatic carbocycles. The van der Waals surface area contributed by atoms with E-state index in [0.29, 0.717) is 21.3 Å². The van der Waals surface area contributed by atoms with Gasteiger partial charge in [0.25, 0.3) is 5.71 Å². The number of nitrogens with one attached hydrogen (secondary N) is 1. The second kappa shape index (κ2) is 9.07. The Morgan fingerprint density at radius 3 is 2.50 bits per heavy atom. The zero-order valence-electron chi connectivity index (χ0n) is 19.7. The number of alkyl halides is 2. The van der Waals surface area contributed by atoms with E-state index in [1.807, 2.05) is 0 Å². The summed E-state index contributed by atoms with van der Waals surface area (Å²) in [5.74, 6) is -8.20. The minimum absolute atomic E-state index is 0.117. The molecule has 0 unspecified atom stereocenters. The van der Waals surface area contributed by atoms with Gasteiger partial charge < -0.3 is 9.26 Å². The van der Waals surface area contributed by atoms with Gasteiger partial charge in [0.15, 0.2) is 5.82 Å². The van der Waals surface area contributed by atoms with Gasteiger partial charge in [-0.25, -0.2) is 27.3 Å². The maximum absolute atomic E-state index is 15.2. The Morgan fingerprint density at radius 1 is 1.21 bits per heavy atom. The smallest absolute Gasteiger partial charge is 0.334 e. The summed E-state index contributed by atoms with van der Waals surface area (Å²) < 4.78 is 107. The van der Waals surface area contributed by atoms with Gasteiger partial charge in [0, 0.05) is 35.7 Å². The Bertz CT molecular complexity index is 1600. The topological polar surface area (TPSA) is 128 Å². The zero-order valence-corrected chi connectivity index (χ0v) is 20.5. The minimum Gasteiger partial charge on any atom is -0.478 e. The van der Waals surface area contributed by atoms with Crippen molar-refractivity contribution in [2.24, 2.45) is 0 Å². The van der Waals surface area contributed by atoms with Crippen LogP contribution in [0.4, 0.5) is 22.0 Å². The molecule has 5 rings (SSSR count). The van der Waals surface area contributed by atoms with Crippen molar-refractivity contribution < 1.29 is 40.3 Å². The lowest BCUT2D eigenvalue weighted by Gasteiger charge is -2.36. The first-order valence-electron chi connectivity index (χ1n) is 11.2. The minimum atomic E-state index is -3.71. The normalized spacial score (nSPS) is 17.2. The standard InChI is InChI=1S/C22H20F5N5O5S/c1-3-36-16-7-11(17-12(24)5-10(23)6-13(17)25)18-19(29-37-20(18)28-16)32-9-15-22(26,27)14(8-31(15)21(32)33)30-38(34,35)4-2/h5-7,9,14,30,34-35H,3-4,8H2,1-2H3/t14-/m1/s1. The number of fused-ring (bicyclic) bond motifs is 2. The molecule has 0 aliphatic carbocycles. The van der Waals surface area contributed by atoms with Gasteiger partial charge in [-0.2, -0.15) is 13.8 Å².